The maximum absolute atomic E-state index is 12.0. The second-order valence-electron chi connectivity index (χ2n) is 5.81. The lowest BCUT2D eigenvalue weighted by Crippen LogP contribution is -2.21. The molecule has 3 rings (SSSR count). The van der Waals surface area contributed by atoms with Crippen molar-refractivity contribution in [2.45, 2.75) is 6.92 Å². The Labute approximate surface area is 161 Å². The molecule has 142 valence electrons. The molecule has 0 saturated carbocycles. The lowest BCUT2D eigenvalue weighted by molar-refractivity contribution is 0.0595. The van der Waals surface area contributed by atoms with Crippen molar-refractivity contribution in [1.29, 1.82) is 0 Å². The van der Waals surface area contributed by atoms with Gasteiger partial charge in [-0.05, 0) is 37.3 Å². The molecule has 2 aromatic heterocycles. The molecule has 0 aliphatic heterocycles. The van der Waals surface area contributed by atoms with Crippen molar-refractivity contribution in [2.24, 2.45) is 7.05 Å². The van der Waals surface area contributed by atoms with E-state index in [9.17, 15) is 9.59 Å². The Kier molecular flexibility index (Phi) is 5.56. The SMILES string of the molecule is CCNc1c(C#Cc2ccc(-n3cnn(C)c3=O)cc2)ccnc1C(=O)OC. The summed E-state index contributed by atoms with van der Waals surface area (Å²) in [6.07, 6.45) is 2.99. The highest BCUT2D eigenvalue weighted by molar-refractivity contribution is 5.94. The van der Waals surface area contributed by atoms with E-state index in [1.165, 1.54) is 28.9 Å². The van der Waals surface area contributed by atoms with Crippen LogP contribution in [0.15, 0.2) is 47.7 Å². The lowest BCUT2D eigenvalue weighted by atomic mass is 10.1. The fraction of sp³-hybridized carbons (Fsp3) is 0.200. The number of pyridine rings is 1. The summed E-state index contributed by atoms with van der Waals surface area (Å²) in [5.74, 6) is 5.61. The number of nitrogens with one attached hydrogen (secondary N) is 1. The first-order valence-electron chi connectivity index (χ1n) is 8.59. The van der Waals surface area contributed by atoms with E-state index >= 15 is 0 Å². The van der Waals surface area contributed by atoms with Gasteiger partial charge in [0.2, 0.25) is 0 Å². The summed E-state index contributed by atoms with van der Waals surface area (Å²) in [5, 5.41) is 7.06. The summed E-state index contributed by atoms with van der Waals surface area (Å²) in [7, 11) is 2.91. The number of nitrogens with zero attached hydrogens (tertiary/aromatic N) is 4. The number of aromatic nitrogens is 4. The van der Waals surface area contributed by atoms with Crippen LogP contribution in [-0.4, -0.2) is 39.0 Å². The van der Waals surface area contributed by atoms with Crippen LogP contribution in [0.25, 0.3) is 5.69 Å². The number of rotatable bonds is 4. The van der Waals surface area contributed by atoms with Crippen molar-refractivity contribution < 1.29 is 9.53 Å². The summed E-state index contributed by atoms with van der Waals surface area (Å²) < 4.78 is 7.50. The van der Waals surface area contributed by atoms with Crippen molar-refractivity contribution in [3.63, 3.8) is 0 Å². The maximum Gasteiger partial charge on any atom is 0.358 e. The second kappa shape index (κ2) is 8.22. The average Bonchev–Trinajstić information content (AvgIpc) is 3.05. The molecular weight excluding hydrogens is 358 g/mol. The molecule has 3 aromatic rings. The van der Waals surface area contributed by atoms with Crippen LogP contribution in [-0.2, 0) is 11.8 Å². The molecule has 0 spiro atoms. The highest BCUT2D eigenvalue weighted by atomic mass is 16.5. The fourth-order valence-corrected chi connectivity index (χ4v) is 2.58. The van der Waals surface area contributed by atoms with Gasteiger partial charge in [0.25, 0.3) is 0 Å². The number of hydrogen-bond acceptors (Lipinski definition) is 6. The minimum atomic E-state index is -0.522. The molecule has 28 heavy (non-hydrogen) atoms. The molecule has 0 bridgehead atoms. The normalized spacial score (nSPS) is 10.1. The Bertz CT molecular complexity index is 1120. The molecule has 1 aromatic carbocycles. The van der Waals surface area contributed by atoms with Crippen molar-refractivity contribution in [2.75, 3.05) is 19.0 Å². The van der Waals surface area contributed by atoms with Crippen LogP contribution in [0.4, 0.5) is 5.69 Å². The van der Waals surface area contributed by atoms with Crippen molar-refractivity contribution in [3.8, 4) is 17.5 Å². The van der Waals surface area contributed by atoms with Gasteiger partial charge in [-0.25, -0.2) is 23.8 Å². The molecule has 0 unspecified atom stereocenters. The van der Waals surface area contributed by atoms with Gasteiger partial charge in [0.05, 0.1) is 24.0 Å². The topological polar surface area (TPSA) is 91.0 Å². The van der Waals surface area contributed by atoms with Crippen molar-refractivity contribution in [1.82, 2.24) is 19.3 Å². The maximum atomic E-state index is 12.0. The molecule has 0 atom stereocenters. The third-order valence-electron chi connectivity index (χ3n) is 3.99. The van der Waals surface area contributed by atoms with Gasteiger partial charge in [-0.1, -0.05) is 11.8 Å². The number of carbonyl (C=O) groups excluding carboxylic acids is 1. The van der Waals surface area contributed by atoms with E-state index in [1.54, 1.807) is 25.2 Å². The van der Waals surface area contributed by atoms with E-state index < -0.39 is 5.97 Å². The molecule has 0 aliphatic rings. The predicted octanol–water partition coefficient (Wildman–Crippen LogP) is 1.58. The first-order valence-corrected chi connectivity index (χ1v) is 8.59. The minimum Gasteiger partial charge on any atom is -0.464 e. The third-order valence-corrected chi connectivity index (χ3v) is 3.99. The summed E-state index contributed by atoms with van der Waals surface area (Å²) >= 11 is 0. The smallest absolute Gasteiger partial charge is 0.358 e. The molecule has 8 heteroatoms. The van der Waals surface area contributed by atoms with E-state index in [0.717, 1.165) is 5.56 Å². The van der Waals surface area contributed by atoms with E-state index in [0.29, 0.717) is 23.5 Å². The largest absolute Gasteiger partial charge is 0.464 e. The van der Waals surface area contributed by atoms with Gasteiger partial charge in [-0.15, -0.1) is 0 Å². The van der Waals surface area contributed by atoms with Gasteiger partial charge in [0.15, 0.2) is 5.69 Å². The summed E-state index contributed by atoms with van der Waals surface area (Å²) in [5.41, 5.74) is 2.63. The number of methoxy groups -OCH3 is 1. The van der Waals surface area contributed by atoms with E-state index in [4.69, 9.17) is 4.74 Å². The minimum absolute atomic E-state index is 0.197. The Morgan fingerprint density at radius 2 is 1.96 bits per heavy atom. The summed E-state index contributed by atoms with van der Waals surface area (Å²) in [6.45, 7) is 2.53. The molecule has 0 saturated heterocycles. The number of hydrogen-bond donors (Lipinski definition) is 1. The first kappa shape index (κ1) is 18.9. The number of esters is 1. The van der Waals surface area contributed by atoms with Crippen LogP contribution in [0.5, 0.6) is 0 Å². The van der Waals surface area contributed by atoms with Crippen LogP contribution in [0.3, 0.4) is 0 Å². The Morgan fingerprint density at radius 3 is 2.57 bits per heavy atom. The number of carbonyl (C=O) groups is 1. The monoisotopic (exact) mass is 377 g/mol. The molecule has 0 aliphatic carbocycles. The highest BCUT2D eigenvalue weighted by Gasteiger charge is 2.15. The second-order valence-corrected chi connectivity index (χ2v) is 5.81. The zero-order valence-electron chi connectivity index (χ0n) is 15.8. The van der Waals surface area contributed by atoms with E-state index in [1.807, 2.05) is 19.1 Å². The van der Waals surface area contributed by atoms with E-state index in [2.05, 4.69) is 27.2 Å². The van der Waals surface area contributed by atoms with Crippen molar-refractivity contribution >= 4 is 11.7 Å². The zero-order valence-corrected chi connectivity index (χ0v) is 15.8. The molecule has 2 heterocycles. The predicted molar refractivity (Wildman–Crippen MR) is 105 cm³/mol. The fourth-order valence-electron chi connectivity index (χ4n) is 2.58. The average molecular weight is 377 g/mol. The number of aryl methyl sites for hydroxylation is 1. The van der Waals surface area contributed by atoms with Crippen LogP contribution in [0, 0.1) is 11.8 Å². The molecule has 8 nitrogen and oxygen atoms in total. The molecular formula is C20H19N5O3. The number of benzene rings is 1. The van der Waals surface area contributed by atoms with Gasteiger partial charge in [0, 0.05) is 25.4 Å². The standard InChI is InChI=1S/C20H19N5O3/c1-4-21-17-15(11-12-22-18(17)19(26)28-3)8-5-14-6-9-16(10-7-14)25-13-23-24(2)20(25)27/h6-7,9-13,21H,4H2,1-3H3. The first-order chi connectivity index (χ1) is 13.5. The third kappa shape index (κ3) is 3.78. The molecule has 0 fully saturated rings. The van der Waals surface area contributed by atoms with Crippen LogP contribution in [0.1, 0.15) is 28.5 Å². The molecule has 1 N–H and O–H groups in total. The zero-order chi connectivity index (χ0) is 20.1. The summed E-state index contributed by atoms with van der Waals surface area (Å²) in [6, 6.07) is 8.96. The van der Waals surface area contributed by atoms with Gasteiger partial charge < -0.3 is 10.1 Å². The van der Waals surface area contributed by atoms with Crippen LogP contribution >= 0.6 is 0 Å². The molecule has 0 amide bonds. The van der Waals surface area contributed by atoms with Gasteiger partial charge >= 0.3 is 11.7 Å². The van der Waals surface area contributed by atoms with Gasteiger partial charge in [0.1, 0.15) is 6.33 Å². The van der Waals surface area contributed by atoms with Crippen molar-refractivity contribution in [3.05, 3.63) is 70.2 Å². The number of anilines is 1. The van der Waals surface area contributed by atoms with Gasteiger partial charge in [-0.3, -0.25) is 0 Å². The quantitative estimate of drug-likeness (QED) is 0.548. The molecule has 0 radical (unpaired) electrons. The highest BCUT2D eigenvalue weighted by Crippen LogP contribution is 2.19. The van der Waals surface area contributed by atoms with E-state index in [-0.39, 0.29) is 11.4 Å². The Hall–Kier alpha value is -3.86. The van der Waals surface area contributed by atoms with Crippen LogP contribution < -0.4 is 11.0 Å². The number of ether oxygens (including phenoxy) is 1. The summed E-state index contributed by atoms with van der Waals surface area (Å²) in [4.78, 5) is 28.0. The van der Waals surface area contributed by atoms with Crippen LogP contribution in [0.2, 0.25) is 0 Å². The Balaban J connectivity index is 1.92. The van der Waals surface area contributed by atoms with Gasteiger partial charge in [-0.2, -0.15) is 5.10 Å². The Morgan fingerprint density at radius 1 is 1.21 bits per heavy atom. The lowest BCUT2D eigenvalue weighted by Gasteiger charge is -2.10.